The fourth-order valence-corrected chi connectivity index (χ4v) is 4.47. The van der Waals surface area contributed by atoms with E-state index in [1.54, 1.807) is 32.2 Å². The average Bonchev–Trinajstić information content (AvgIpc) is 3.58. The molecule has 1 aliphatic carbocycles. The van der Waals surface area contributed by atoms with Gasteiger partial charge in [-0.25, -0.2) is 23.1 Å². The number of anilines is 1. The van der Waals surface area contributed by atoms with Gasteiger partial charge in [0.2, 0.25) is 0 Å². The molecule has 0 spiro atoms. The number of carbonyl (C=O) groups is 1. The van der Waals surface area contributed by atoms with E-state index in [9.17, 15) is 9.18 Å². The van der Waals surface area contributed by atoms with Gasteiger partial charge in [-0.15, -0.1) is 10.2 Å². The molecule has 11 heteroatoms. The molecular weight excluding hydrogens is 471 g/mol. The molecule has 0 bridgehead atoms. The van der Waals surface area contributed by atoms with Gasteiger partial charge in [-0.05, 0) is 50.5 Å². The molecule has 1 aromatic carbocycles. The zero-order valence-electron chi connectivity index (χ0n) is 20.4. The molecule has 5 rings (SSSR count). The maximum Gasteiger partial charge on any atom is 0.274 e. The fourth-order valence-electron chi connectivity index (χ4n) is 4.47. The Kier molecular flexibility index (Phi) is 6.06. The molecule has 3 aromatic rings. The molecule has 1 N–H and O–H groups in total. The number of hydrogen-bond donors (Lipinski definition) is 1. The van der Waals surface area contributed by atoms with Crippen molar-refractivity contribution in [1.82, 2.24) is 29.6 Å². The minimum Gasteiger partial charge on any atom is -0.321 e. The molecule has 36 heavy (non-hydrogen) atoms. The number of rotatable bonds is 8. The third-order valence-corrected chi connectivity index (χ3v) is 6.60. The number of alkyl halides is 3. The summed E-state index contributed by atoms with van der Waals surface area (Å²) in [7, 11) is 1.54. The van der Waals surface area contributed by atoms with E-state index in [-0.39, 0.29) is 23.0 Å². The zero-order valence-corrected chi connectivity index (χ0v) is 20.4. The topological polar surface area (TPSA) is 88.8 Å². The molecule has 1 saturated heterocycles. The smallest absolute Gasteiger partial charge is 0.274 e. The number of carbonyl (C=O) groups excluding carboxylic acids is 1. The second-order valence-electron chi connectivity index (χ2n) is 10.2. The SMILES string of the molecule is Cn1cnnc1[C@H](F)[C@](C)(F)c1cccc(NC(=O)c2cc(CN3CC(C)(F)C3)nc(C3CC3)n2)c1. The lowest BCUT2D eigenvalue weighted by Crippen LogP contribution is -2.56. The first-order valence-electron chi connectivity index (χ1n) is 11.9. The summed E-state index contributed by atoms with van der Waals surface area (Å²) >= 11 is 0. The van der Waals surface area contributed by atoms with Gasteiger partial charge in [0.1, 0.15) is 23.5 Å². The summed E-state index contributed by atoms with van der Waals surface area (Å²) < 4.78 is 45.9. The Labute approximate surface area is 207 Å². The van der Waals surface area contributed by atoms with Crippen LogP contribution in [0.4, 0.5) is 18.9 Å². The lowest BCUT2D eigenvalue weighted by Gasteiger charge is -2.42. The second-order valence-corrected chi connectivity index (χ2v) is 10.2. The van der Waals surface area contributed by atoms with Crippen molar-refractivity contribution < 1.29 is 18.0 Å². The van der Waals surface area contributed by atoms with E-state index in [4.69, 9.17) is 0 Å². The molecule has 2 atom stereocenters. The van der Waals surface area contributed by atoms with Gasteiger partial charge < -0.3 is 9.88 Å². The molecule has 1 amide bonds. The summed E-state index contributed by atoms with van der Waals surface area (Å²) in [6.07, 6.45) is 1.17. The highest BCUT2D eigenvalue weighted by Gasteiger charge is 2.41. The lowest BCUT2D eigenvalue weighted by molar-refractivity contribution is -0.0233. The van der Waals surface area contributed by atoms with E-state index in [0.717, 1.165) is 19.8 Å². The summed E-state index contributed by atoms with van der Waals surface area (Å²) in [6.45, 7) is 3.75. The highest BCUT2D eigenvalue weighted by molar-refractivity contribution is 6.03. The van der Waals surface area contributed by atoms with Crippen molar-refractivity contribution in [3.8, 4) is 0 Å². The van der Waals surface area contributed by atoms with Crippen molar-refractivity contribution in [2.45, 2.75) is 56.7 Å². The number of nitrogens with one attached hydrogen (secondary N) is 1. The van der Waals surface area contributed by atoms with Gasteiger partial charge in [-0.1, -0.05) is 12.1 Å². The second kappa shape index (κ2) is 8.95. The molecule has 8 nitrogen and oxygen atoms in total. The Hall–Kier alpha value is -3.34. The van der Waals surface area contributed by atoms with Crippen molar-refractivity contribution in [2.75, 3.05) is 18.4 Å². The highest BCUT2D eigenvalue weighted by atomic mass is 19.2. The Bertz CT molecular complexity index is 1280. The zero-order chi connectivity index (χ0) is 25.7. The van der Waals surface area contributed by atoms with E-state index in [2.05, 4.69) is 25.5 Å². The normalized spacial score (nSPS) is 19.8. The monoisotopic (exact) mass is 499 g/mol. The minimum atomic E-state index is -2.41. The Morgan fingerprint density at radius 3 is 2.67 bits per heavy atom. The van der Waals surface area contributed by atoms with Crippen molar-refractivity contribution in [2.24, 2.45) is 7.05 Å². The van der Waals surface area contributed by atoms with Crippen LogP contribution in [0.15, 0.2) is 36.7 Å². The van der Waals surface area contributed by atoms with Gasteiger partial charge in [0.05, 0.1) is 5.69 Å². The van der Waals surface area contributed by atoms with Crippen LogP contribution in [0.3, 0.4) is 0 Å². The van der Waals surface area contributed by atoms with Gasteiger partial charge in [0.25, 0.3) is 5.91 Å². The summed E-state index contributed by atoms with van der Waals surface area (Å²) in [6, 6.07) is 7.60. The molecule has 0 unspecified atom stereocenters. The molecule has 2 fully saturated rings. The van der Waals surface area contributed by atoms with Crippen LogP contribution < -0.4 is 5.32 Å². The number of benzene rings is 1. The van der Waals surface area contributed by atoms with Crippen molar-refractivity contribution in [3.63, 3.8) is 0 Å². The van der Waals surface area contributed by atoms with Crippen LogP contribution in [-0.2, 0) is 19.3 Å². The van der Waals surface area contributed by atoms with Crippen molar-refractivity contribution in [3.05, 3.63) is 65.3 Å². The Morgan fingerprint density at radius 1 is 1.28 bits per heavy atom. The molecule has 0 radical (unpaired) electrons. The van der Waals surface area contributed by atoms with Crippen LogP contribution in [0.5, 0.6) is 0 Å². The van der Waals surface area contributed by atoms with Gasteiger partial charge in [-0.2, -0.15) is 0 Å². The van der Waals surface area contributed by atoms with E-state index in [1.807, 2.05) is 4.90 Å². The highest BCUT2D eigenvalue weighted by Crippen LogP contribution is 2.41. The van der Waals surface area contributed by atoms with Crippen molar-refractivity contribution in [1.29, 1.82) is 0 Å². The number of likely N-dealkylation sites (tertiary alicyclic amines) is 1. The summed E-state index contributed by atoms with van der Waals surface area (Å²) in [5.41, 5.74) is -2.43. The molecule has 2 aliphatic rings. The number of halogens is 3. The number of amides is 1. The van der Waals surface area contributed by atoms with Crippen LogP contribution in [0.2, 0.25) is 0 Å². The lowest BCUT2D eigenvalue weighted by atomic mass is 9.92. The summed E-state index contributed by atoms with van der Waals surface area (Å²) in [5, 5.41) is 10.0. The number of nitrogens with zero attached hydrogens (tertiary/aromatic N) is 6. The van der Waals surface area contributed by atoms with Crippen LogP contribution in [0, 0.1) is 0 Å². The maximum absolute atomic E-state index is 15.6. The van der Waals surface area contributed by atoms with Gasteiger partial charge in [-0.3, -0.25) is 9.69 Å². The molecular formula is C25H28F3N7O. The van der Waals surface area contributed by atoms with E-state index >= 15 is 8.78 Å². The van der Waals surface area contributed by atoms with E-state index in [0.29, 0.717) is 36.8 Å². The standard InChI is InChI=1S/C25H28F3N7O/c1-24(27)12-35(13-24)11-18-10-19(32-21(30-18)15-7-8-15)23(36)31-17-6-4-5-16(9-17)25(2,28)20(26)22-33-29-14-34(22)3/h4-6,9-10,14-15,20H,7-8,11-13H2,1-3H3,(H,31,36)/t20-,25+/m0/s1. The number of aryl methyl sites for hydroxylation is 1. The summed E-state index contributed by atoms with van der Waals surface area (Å²) in [5.74, 6) is 0.209. The fraction of sp³-hybridized carbons (Fsp3) is 0.480. The minimum absolute atomic E-state index is 0.0462. The molecule has 3 heterocycles. The predicted molar refractivity (Wildman–Crippen MR) is 127 cm³/mol. The third-order valence-electron chi connectivity index (χ3n) is 6.60. The summed E-state index contributed by atoms with van der Waals surface area (Å²) in [4.78, 5) is 24.1. The first kappa shape index (κ1) is 24.4. The quantitative estimate of drug-likeness (QED) is 0.501. The third kappa shape index (κ3) is 4.97. The largest absolute Gasteiger partial charge is 0.321 e. The van der Waals surface area contributed by atoms with Crippen LogP contribution >= 0.6 is 0 Å². The van der Waals surface area contributed by atoms with Gasteiger partial charge in [0.15, 0.2) is 17.7 Å². The van der Waals surface area contributed by atoms with Crippen LogP contribution in [0.1, 0.15) is 72.2 Å². The van der Waals surface area contributed by atoms with Crippen LogP contribution in [0.25, 0.3) is 0 Å². The van der Waals surface area contributed by atoms with E-state index in [1.165, 1.54) is 23.0 Å². The first-order valence-corrected chi connectivity index (χ1v) is 11.9. The maximum atomic E-state index is 15.6. The van der Waals surface area contributed by atoms with Crippen molar-refractivity contribution >= 4 is 11.6 Å². The molecule has 1 aliphatic heterocycles. The number of hydrogen-bond acceptors (Lipinski definition) is 6. The molecule has 2 aromatic heterocycles. The van der Waals surface area contributed by atoms with E-state index < -0.39 is 23.4 Å². The predicted octanol–water partition coefficient (Wildman–Crippen LogP) is 4.17. The van der Waals surface area contributed by atoms with Crippen LogP contribution in [-0.4, -0.2) is 54.3 Å². The van der Waals surface area contributed by atoms with Gasteiger partial charge >= 0.3 is 0 Å². The first-order chi connectivity index (χ1) is 17.0. The Morgan fingerprint density at radius 2 is 2.03 bits per heavy atom. The van der Waals surface area contributed by atoms with Gasteiger partial charge in [0, 0.05) is 38.3 Å². The Balaban J connectivity index is 1.34. The average molecular weight is 500 g/mol. The molecule has 1 saturated carbocycles. The molecule has 190 valence electrons. The number of aromatic nitrogens is 5.